The van der Waals surface area contributed by atoms with Gasteiger partial charge in [-0.3, -0.25) is 0 Å². The van der Waals surface area contributed by atoms with E-state index in [-0.39, 0.29) is 0 Å². The second-order valence-electron chi connectivity index (χ2n) is 2.92. The van der Waals surface area contributed by atoms with E-state index < -0.39 is 0 Å². The highest BCUT2D eigenvalue weighted by Crippen LogP contribution is 2.34. The normalized spacial score (nSPS) is 15.2. The van der Waals surface area contributed by atoms with Crippen molar-refractivity contribution in [3.63, 3.8) is 0 Å². The van der Waals surface area contributed by atoms with Gasteiger partial charge in [-0.1, -0.05) is 11.6 Å². The Hall–Kier alpha value is -0.210. The van der Waals surface area contributed by atoms with E-state index >= 15 is 0 Å². The molecule has 1 aliphatic heterocycles. The molecule has 1 nitrogen and oxygen atoms in total. The lowest BCUT2D eigenvalue weighted by atomic mass is 10.0. The van der Waals surface area contributed by atoms with Crippen LogP contribution >= 0.6 is 27.5 Å². The maximum atomic E-state index is 5.97. The molecule has 0 saturated carbocycles. The van der Waals surface area contributed by atoms with E-state index in [1.807, 2.05) is 12.1 Å². The van der Waals surface area contributed by atoms with Gasteiger partial charge in [0.25, 0.3) is 0 Å². The molecule has 0 atom stereocenters. The number of nitrogens with one attached hydrogen (secondary N) is 1. The van der Waals surface area contributed by atoms with Crippen LogP contribution in [0.3, 0.4) is 0 Å². The van der Waals surface area contributed by atoms with E-state index in [0.29, 0.717) is 0 Å². The molecule has 1 heterocycles. The molecule has 1 N–H and O–H groups in total. The molecule has 0 aliphatic carbocycles. The van der Waals surface area contributed by atoms with E-state index in [1.54, 1.807) is 0 Å². The molecule has 1 aromatic rings. The lowest BCUT2D eigenvalue weighted by Crippen LogP contribution is -2.11. The Morgan fingerprint density at radius 3 is 3.08 bits per heavy atom. The molecule has 12 heavy (non-hydrogen) atoms. The summed E-state index contributed by atoms with van der Waals surface area (Å²) in [7, 11) is 0. The number of fused-ring (bicyclic) bond motifs is 1. The van der Waals surface area contributed by atoms with Crippen LogP contribution < -0.4 is 5.32 Å². The summed E-state index contributed by atoms with van der Waals surface area (Å²) in [6.45, 7) is 1.07. The number of hydrogen-bond acceptors (Lipinski definition) is 1. The fourth-order valence-corrected chi connectivity index (χ4v) is 2.21. The van der Waals surface area contributed by atoms with Crippen molar-refractivity contribution >= 4 is 33.2 Å². The van der Waals surface area contributed by atoms with Crippen molar-refractivity contribution < 1.29 is 0 Å². The second kappa shape index (κ2) is 3.27. The predicted octanol–water partition coefficient (Wildman–Crippen LogP) is 3.46. The SMILES string of the molecule is Clc1ccc2c(c1Br)CCCN2. The first-order chi connectivity index (χ1) is 5.79. The lowest BCUT2D eigenvalue weighted by Gasteiger charge is -2.19. The Balaban J connectivity index is 2.54. The largest absolute Gasteiger partial charge is 0.385 e. The summed E-state index contributed by atoms with van der Waals surface area (Å²) in [5, 5.41) is 4.15. The number of anilines is 1. The molecule has 0 spiro atoms. The summed E-state index contributed by atoms with van der Waals surface area (Å²) in [5.74, 6) is 0. The number of hydrogen-bond donors (Lipinski definition) is 1. The minimum absolute atomic E-state index is 0.803. The standard InChI is InChI=1S/C9H9BrClN/c10-9-6-2-1-5-12-8(6)4-3-7(9)11/h3-4,12H,1-2,5H2. The number of rotatable bonds is 0. The van der Waals surface area contributed by atoms with Gasteiger partial charge in [0, 0.05) is 16.7 Å². The highest BCUT2D eigenvalue weighted by molar-refractivity contribution is 9.10. The molecular weight excluding hydrogens is 237 g/mol. The molecule has 1 aromatic carbocycles. The van der Waals surface area contributed by atoms with Gasteiger partial charge in [0.15, 0.2) is 0 Å². The number of halogens is 2. The zero-order valence-corrected chi connectivity index (χ0v) is 8.87. The Labute approximate surface area is 85.2 Å². The second-order valence-corrected chi connectivity index (χ2v) is 4.12. The first-order valence-corrected chi connectivity index (χ1v) is 5.17. The molecule has 0 aromatic heterocycles. The zero-order chi connectivity index (χ0) is 8.55. The Bertz CT molecular complexity index is 312. The van der Waals surface area contributed by atoms with Gasteiger partial charge in [-0.05, 0) is 46.5 Å². The third-order valence-electron chi connectivity index (χ3n) is 2.12. The van der Waals surface area contributed by atoms with E-state index in [2.05, 4.69) is 21.2 Å². The molecule has 0 radical (unpaired) electrons. The van der Waals surface area contributed by atoms with E-state index in [0.717, 1.165) is 22.5 Å². The van der Waals surface area contributed by atoms with Crippen molar-refractivity contribution in [3.05, 3.63) is 27.2 Å². The van der Waals surface area contributed by atoms with Crippen LogP contribution in [0, 0.1) is 0 Å². The van der Waals surface area contributed by atoms with Gasteiger partial charge in [-0.2, -0.15) is 0 Å². The summed E-state index contributed by atoms with van der Waals surface area (Å²) in [5.41, 5.74) is 2.53. The van der Waals surface area contributed by atoms with Crippen molar-refractivity contribution in [2.45, 2.75) is 12.8 Å². The van der Waals surface area contributed by atoms with Gasteiger partial charge < -0.3 is 5.32 Å². The molecule has 3 heteroatoms. The van der Waals surface area contributed by atoms with E-state index in [4.69, 9.17) is 11.6 Å². The molecular formula is C9H9BrClN. The maximum Gasteiger partial charge on any atom is 0.0552 e. The molecule has 1 aliphatic rings. The van der Waals surface area contributed by atoms with Gasteiger partial charge in [-0.15, -0.1) is 0 Å². The van der Waals surface area contributed by atoms with Crippen LogP contribution in [-0.4, -0.2) is 6.54 Å². The van der Waals surface area contributed by atoms with Crippen molar-refractivity contribution in [2.75, 3.05) is 11.9 Å². The molecule has 0 amide bonds. The monoisotopic (exact) mass is 245 g/mol. The average molecular weight is 247 g/mol. The van der Waals surface area contributed by atoms with Crippen molar-refractivity contribution in [1.29, 1.82) is 0 Å². The van der Waals surface area contributed by atoms with Crippen LogP contribution in [0.15, 0.2) is 16.6 Å². The highest BCUT2D eigenvalue weighted by atomic mass is 79.9. The molecule has 64 valence electrons. The first kappa shape index (κ1) is 8.39. The molecule has 0 saturated heterocycles. The zero-order valence-electron chi connectivity index (χ0n) is 6.53. The van der Waals surface area contributed by atoms with Gasteiger partial charge in [0.05, 0.1) is 5.02 Å². The minimum Gasteiger partial charge on any atom is -0.385 e. The topological polar surface area (TPSA) is 12.0 Å². The summed E-state index contributed by atoms with van der Waals surface area (Å²) in [4.78, 5) is 0. The summed E-state index contributed by atoms with van der Waals surface area (Å²) in [6, 6.07) is 3.96. The van der Waals surface area contributed by atoms with E-state index in [1.165, 1.54) is 17.7 Å². The first-order valence-electron chi connectivity index (χ1n) is 4.00. The summed E-state index contributed by atoms with van der Waals surface area (Å²) < 4.78 is 1.05. The Morgan fingerprint density at radius 2 is 2.25 bits per heavy atom. The van der Waals surface area contributed by atoms with Gasteiger partial charge in [-0.25, -0.2) is 0 Å². The van der Waals surface area contributed by atoms with Crippen LogP contribution in [0.2, 0.25) is 5.02 Å². The molecule has 2 rings (SSSR count). The van der Waals surface area contributed by atoms with Crippen LogP contribution in [0.4, 0.5) is 5.69 Å². The Morgan fingerprint density at radius 1 is 1.42 bits per heavy atom. The van der Waals surface area contributed by atoms with Crippen molar-refractivity contribution in [2.24, 2.45) is 0 Å². The lowest BCUT2D eigenvalue weighted by molar-refractivity contribution is 0.826. The fourth-order valence-electron chi connectivity index (χ4n) is 1.49. The molecule has 0 unspecified atom stereocenters. The van der Waals surface area contributed by atoms with Crippen molar-refractivity contribution in [3.8, 4) is 0 Å². The Kier molecular flexibility index (Phi) is 2.28. The smallest absolute Gasteiger partial charge is 0.0552 e. The van der Waals surface area contributed by atoms with Crippen molar-refractivity contribution in [1.82, 2.24) is 0 Å². The predicted molar refractivity (Wildman–Crippen MR) is 56.0 cm³/mol. The van der Waals surface area contributed by atoms with Crippen LogP contribution in [0.1, 0.15) is 12.0 Å². The highest BCUT2D eigenvalue weighted by Gasteiger charge is 2.12. The summed E-state index contributed by atoms with van der Waals surface area (Å²) in [6.07, 6.45) is 2.30. The van der Waals surface area contributed by atoms with E-state index in [9.17, 15) is 0 Å². The minimum atomic E-state index is 0.803. The third-order valence-corrected chi connectivity index (χ3v) is 3.56. The van der Waals surface area contributed by atoms with Gasteiger partial charge >= 0.3 is 0 Å². The quantitative estimate of drug-likeness (QED) is 0.739. The van der Waals surface area contributed by atoms with Gasteiger partial charge in [0.1, 0.15) is 0 Å². The van der Waals surface area contributed by atoms with Crippen LogP contribution in [0.25, 0.3) is 0 Å². The third kappa shape index (κ3) is 1.34. The maximum absolute atomic E-state index is 5.97. The molecule has 0 fully saturated rings. The van der Waals surface area contributed by atoms with Crippen LogP contribution in [-0.2, 0) is 6.42 Å². The van der Waals surface area contributed by atoms with Crippen LogP contribution in [0.5, 0.6) is 0 Å². The summed E-state index contributed by atoms with van der Waals surface area (Å²) >= 11 is 9.46. The van der Waals surface area contributed by atoms with Gasteiger partial charge in [0.2, 0.25) is 0 Å². The number of benzene rings is 1. The average Bonchev–Trinajstić information content (AvgIpc) is 2.12. The fraction of sp³-hybridized carbons (Fsp3) is 0.333. The molecule has 0 bridgehead atoms.